The maximum absolute atomic E-state index is 14.5. The molecule has 226 valence electrons. The molecule has 4 aromatic rings. The number of methoxy groups -OCH3 is 3. The number of ether oxygens (including phenoxy) is 3. The molecular formula is C35H41N3O5. The van der Waals surface area contributed by atoms with Crippen LogP contribution in [0.2, 0.25) is 0 Å². The van der Waals surface area contributed by atoms with Crippen molar-refractivity contribution >= 4 is 28.4 Å². The fraction of sp³-hybridized carbons (Fsp3) is 0.371. The highest BCUT2D eigenvalue weighted by molar-refractivity contribution is 6.03. The topological polar surface area (TPSA) is 92.9 Å². The quantitative estimate of drug-likeness (QED) is 0.220. The van der Waals surface area contributed by atoms with E-state index in [2.05, 4.69) is 10.3 Å². The molecule has 1 heterocycles. The Hall–Kier alpha value is -4.46. The molecule has 43 heavy (non-hydrogen) atoms. The van der Waals surface area contributed by atoms with Crippen LogP contribution in [0.25, 0.3) is 10.9 Å². The lowest BCUT2D eigenvalue weighted by Crippen LogP contribution is -2.47. The first kappa shape index (κ1) is 30.0. The lowest BCUT2D eigenvalue weighted by Gasteiger charge is -2.34. The Labute approximate surface area is 253 Å². The number of H-pyrrole nitrogens is 1. The zero-order chi connectivity index (χ0) is 30.5. The van der Waals surface area contributed by atoms with Gasteiger partial charge in [0.05, 0.1) is 27.8 Å². The standard InChI is InChI=1S/C35H41N3O5/c1-22-15-16-27(17-23(22)2)38(32(39)20-25-21-36-29-14-10-9-13-28(25)29)33(35(40)37-26-11-7-6-8-12-26)24-18-30(41-3)34(43-5)31(19-24)42-4/h9-10,13-19,21,26,33,36H,6-8,11-12,20H2,1-5H3,(H,37,40). The van der Waals surface area contributed by atoms with Gasteiger partial charge < -0.3 is 24.5 Å². The average molecular weight is 584 g/mol. The zero-order valence-electron chi connectivity index (χ0n) is 25.7. The number of hydrogen-bond donors (Lipinski definition) is 2. The van der Waals surface area contributed by atoms with E-state index in [1.54, 1.807) is 38.4 Å². The minimum absolute atomic E-state index is 0.0520. The second-order valence-electron chi connectivity index (χ2n) is 11.3. The number of aromatic nitrogens is 1. The number of carbonyl (C=O) groups is 2. The molecule has 5 rings (SSSR count). The van der Waals surface area contributed by atoms with Crippen molar-refractivity contribution in [2.45, 2.75) is 64.5 Å². The number of anilines is 1. The highest BCUT2D eigenvalue weighted by atomic mass is 16.5. The minimum atomic E-state index is -0.990. The molecule has 3 aromatic carbocycles. The summed E-state index contributed by atoms with van der Waals surface area (Å²) in [6.45, 7) is 4.04. The molecule has 8 heteroatoms. The Kier molecular flexibility index (Phi) is 9.24. The number of nitrogens with one attached hydrogen (secondary N) is 2. The summed E-state index contributed by atoms with van der Waals surface area (Å²) in [6, 6.07) is 16.4. The van der Waals surface area contributed by atoms with Gasteiger partial charge in [0.1, 0.15) is 6.04 Å². The van der Waals surface area contributed by atoms with Gasteiger partial charge in [0.2, 0.25) is 17.6 Å². The predicted octanol–water partition coefficient (Wildman–Crippen LogP) is 6.58. The maximum Gasteiger partial charge on any atom is 0.248 e. The lowest BCUT2D eigenvalue weighted by atomic mass is 9.94. The van der Waals surface area contributed by atoms with E-state index in [0.29, 0.717) is 28.5 Å². The van der Waals surface area contributed by atoms with Crippen LogP contribution in [0.15, 0.2) is 60.8 Å². The van der Waals surface area contributed by atoms with Crippen molar-refractivity contribution in [3.63, 3.8) is 0 Å². The van der Waals surface area contributed by atoms with E-state index in [-0.39, 0.29) is 24.3 Å². The minimum Gasteiger partial charge on any atom is -0.493 e. The van der Waals surface area contributed by atoms with Crippen molar-refractivity contribution in [2.75, 3.05) is 26.2 Å². The monoisotopic (exact) mass is 583 g/mol. The van der Waals surface area contributed by atoms with Crippen molar-refractivity contribution < 1.29 is 23.8 Å². The molecular weight excluding hydrogens is 542 g/mol. The molecule has 1 aliphatic carbocycles. The van der Waals surface area contributed by atoms with Gasteiger partial charge in [-0.1, -0.05) is 43.5 Å². The third kappa shape index (κ3) is 6.33. The first-order valence-corrected chi connectivity index (χ1v) is 14.9. The maximum atomic E-state index is 14.5. The van der Waals surface area contributed by atoms with Crippen LogP contribution in [0.5, 0.6) is 17.2 Å². The summed E-state index contributed by atoms with van der Waals surface area (Å²) in [4.78, 5) is 33.9. The molecule has 1 aromatic heterocycles. The van der Waals surface area contributed by atoms with Gasteiger partial charge in [-0.05, 0) is 79.3 Å². The van der Waals surface area contributed by atoms with Crippen LogP contribution >= 0.6 is 0 Å². The van der Waals surface area contributed by atoms with E-state index in [4.69, 9.17) is 14.2 Å². The summed E-state index contributed by atoms with van der Waals surface area (Å²) >= 11 is 0. The van der Waals surface area contributed by atoms with Crippen LogP contribution < -0.4 is 24.4 Å². The molecule has 1 atom stereocenters. The van der Waals surface area contributed by atoms with E-state index in [0.717, 1.165) is 53.3 Å². The Bertz CT molecular complexity index is 1580. The molecule has 0 aliphatic heterocycles. The molecule has 1 unspecified atom stereocenters. The number of nitrogens with zero attached hydrogens (tertiary/aromatic N) is 1. The van der Waals surface area contributed by atoms with Crippen LogP contribution in [0.4, 0.5) is 5.69 Å². The molecule has 1 aliphatic rings. The molecule has 1 saturated carbocycles. The second-order valence-corrected chi connectivity index (χ2v) is 11.3. The van der Waals surface area contributed by atoms with Crippen LogP contribution in [0, 0.1) is 13.8 Å². The molecule has 1 fully saturated rings. The van der Waals surface area contributed by atoms with Gasteiger partial charge in [-0.3, -0.25) is 14.5 Å². The number of hydrogen-bond acceptors (Lipinski definition) is 5. The number of aromatic amines is 1. The molecule has 0 bridgehead atoms. The normalized spacial score (nSPS) is 14.3. The molecule has 2 amide bonds. The van der Waals surface area contributed by atoms with Crippen molar-refractivity contribution in [1.29, 1.82) is 0 Å². The van der Waals surface area contributed by atoms with E-state index < -0.39 is 6.04 Å². The van der Waals surface area contributed by atoms with Crippen LogP contribution in [-0.4, -0.2) is 44.2 Å². The van der Waals surface area contributed by atoms with Crippen LogP contribution in [0.3, 0.4) is 0 Å². The molecule has 0 spiro atoms. The summed E-state index contributed by atoms with van der Waals surface area (Å²) in [7, 11) is 4.63. The van der Waals surface area contributed by atoms with Gasteiger partial charge in [0.15, 0.2) is 11.5 Å². The van der Waals surface area contributed by atoms with Gasteiger partial charge in [-0.2, -0.15) is 0 Å². The summed E-state index contributed by atoms with van der Waals surface area (Å²) < 4.78 is 16.9. The van der Waals surface area contributed by atoms with Gasteiger partial charge >= 0.3 is 0 Å². The zero-order valence-corrected chi connectivity index (χ0v) is 25.7. The Morgan fingerprint density at radius 1 is 0.907 bits per heavy atom. The van der Waals surface area contributed by atoms with Gasteiger partial charge in [-0.25, -0.2) is 0 Å². The first-order chi connectivity index (χ1) is 20.8. The molecule has 2 N–H and O–H groups in total. The number of fused-ring (bicyclic) bond motifs is 1. The van der Waals surface area contributed by atoms with Crippen molar-refractivity contribution in [3.8, 4) is 17.2 Å². The van der Waals surface area contributed by atoms with Gasteiger partial charge in [0.25, 0.3) is 0 Å². The Morgan fingerprint density at radius 3 is 2.26 bits per heavy atom. The third-order valence-electron chi connectivity index (χ3n) is 8.51. The van der Waals surface area contributed by atoms with Gasteiger partial charge in [-0.15, -0.1) is 0 Å². The predicted molar refractivity (Wildman–Crippen MR) is 169 cm³/mol. The third-order valence-corrected chi connectivity index (χ3v) is 8.51. The molecule has 8 nitrogen and oxygen atoms in total. The van der Waals surface area contributed by atoms with Crippen LogP contribution in [0.1, 0.15) is 60.4 Å². The van der Waals surface area contributed by atoms with Crippen molar-refractivity contribution in [2.24, 2.45) is 0 Å². The first-order valence-electron chi connectivity index (χ1n) is 14.9. The van der Waals surface area contributed by atoms with E-state index in [1.807, 2.05) is 62.5 Å². The Balaban J connectivity index is 1.66. The number of benzene rings is 3. The SMILES string of the molecule is COc1cc(C(C(=O)NC2CCCCC2)N(C(=O)Cc2c[nH]c3ccccc23)c2ccc(C)c(C)c2)cc(OC)c1OC. The summed E-state index contributed by atoms with van der Waals surface area (Å²) in [6.07, 6.45) is 7.12. The second kappa shape index (κ2) is 13.2. The average Bonchev–Trinajstić information content (AvgIpc) is 3.43. The van der Waals surface area contributed by atoms with E-state index in [9.17, 15) is 9.59 Å². The highest BCUT2D eigenvalue weighted by Crippen LogP contribution is 2.42. The van der Waals surface area contributed by atoms with E-state index in [1.165, 1.54) is 6.42 Å². The molecule has 0 saturated heterocycles. The lowest BCUT2D eigenvalue weighted by molar-refractivity contribution is -0.127. The largest absolute Gasteiger partial charge is 0.493 e. The number of rotatable bonds is 10. The number of carbonyl (C=O) groups excluding carboxylic acids is 2. The van der Waals surface area contributed by atoms with Crippen molar-refractivity contribution in [3.05, 3.63) is 83.0 Å². The molecule has 0 radical (unpaired) electrons. The van der Waals surface area contributed by atoms with Crippen LogP contribution in [-0.2, 0) is 16.0 Å². The summed E-state index contributed by atoms with van der Waals surface area (Å²) in [5.74, 6) is 0.799. The summed E-state index contributed by atoms with van der Waals surface area (Å²) in [5, 5.41) is 4.27. The highest BCUT2D eigenvalue weighted by Gasteiger charge is 2.36. The fourth-order valence-electron chi connectivity index (χ4n) is 6.04. The number of amides is 2. The smallest absolute Gasteiger partial charge is 0.248 e. The van der Waals surface area contributed by atoms with E-state index >= 15 is 0 Å². The van der Waals surface area contributed by atoms with Crippen molar-refractivity contribution in [1.82, 2.24) is 10.3 Å². The number of aryl methyl sites for hydroxylation is 2. The summed E-state index contributed by atoms with van der Waals surface area (Å²) in [5.41, 5.74) is 5.16. The number of para-hydroxylation sites is 1. The Morgan fingerprint density at radius 2 is 1.60 bits per heavy atom. The van der Waals surface area contributed by atoms with Gasteiger partial charge in [0, 0.05) is 28.8 Å². The fourth-order valence-corrected chi connectivity index (χ4v) is 6.04.